The van der Waals surface area contributed by atoms with Crippen LogP contribution in [0.2, 0.25) is 0 Å². The number of nitrogens with zero attached hydrogens (tertiary/aromatic N) is 2. The lowest BCUT2D eigenvalue weighted by Gasteiger charge is -2.41. The Balaban J connectivity index is 1.46. The number of hydrogen-bond acceptors (Lipinski definition) is 2. The van der Waals surface area contributed by atoms with Crippen molar-refractivity contribution >= 4 is 17.0 Å². The van der Waals surface area contributed by atoms with Gasteiger partial charge in [0.1, 0.15) is 0 Å². The highest BCUT2D eigenvalue weighted by Gasteiger charge is 2.27. The summed E-state index contributed by atoms with van der Waals surface area (Å²) in [4.78, 5) is 7.44. The summed E-state index contributed by atoms with van der Waals surface area (Å²) >= 11 is 0. The number of benzene rings is 1. The van der Waals surface area contributed by atoms with E-state index >= 15 is 0 Å². The van der Waals surface area contributed by atoms with Crippen molar-refractivity contribution < 1.29 is 0 Å². The molecule has 2 saturated carbocycles. The molecule has 0 bridgehead atoms. The van der Waals surface area contributed by atoms with Crippen molar-refractivity contribution in [2.75, 3.05) is 6.54 Å². The van der Waals surface area contributed by atoms with Crippen molar-refractivity contribution in [2.24, 2.45) is 0 Å². The first kappa shape index (κ1) is 17.7. The topological polar surface area (TPSA) is 16.1 Å². The zero-order valence-corrected chi connectivity index (χ0v) is 15.9. The van der Waals surface area contributed by atoms with Crippen LogP contribution in [0.15, 0.2) is 42.6 Å². The molecule has 2 aliphatic carbocycles. The van der Waals surface area contributed by atoms with Crippen LogP contribution in [-0.2, 0) is 0 Å². The molecule has 2 fully saturated rings. The molecule has 0 spiro atoms. The minimum absolute atomic E-state index is 0.811. The first-order chi connectivity index (χ1) is 12.9. The third kappa shape index (κ3) is 4.35. The Morgan fingerprint density at radius 2 is 1.54 bits per heavy atom. The van der Waals surface area contributed by atoms with Gasteiger partial charge in [-0.3, -0.25) is 9.88 Å². The van der Waals surface area contributed by atoms with Crippen LogP contribution in [-0.4, -0.2) is 28.5 Å². The molecule has 4 rings (SSSR count). The fraction of sp³-hybridized carbons (Fsp3) is 0.542. The van der Waals surface area contributed by atoms with Gasteiger partial charge in [-0.15, -0.1) is 0 Å². The van der Waals surface area contributed by atoms with Gasteiger partial charge in [0.05, 0.1) is 5.52 Å². The Kier molecular flexibility index (Phi) is 6.01. The third-order valence-corrected chi connectivity index (χ3v) is 6.33. The van der Waals surface area contributed by atoms with Crippen LogP contribution in [0.3, 0.4) is 0 Å². The van der Waals surface area contributed by atoms with E-state index in [9.17, 15) is 0 Å². The van der Waals surface area contributed by atoms with Gasteiger partial charge < -0.3 is 0 Å². The van der Waals surface area contributed by atoms with E-state index in [1.165, 1.54) is 75.2 Å². The number of rotatable bonds is 5. The van der Waals surface area contributed by atoms with Crippen molar-refractivity contribution in [1.82, 2.24) is 9.88 Å². The molecular weight excluding hydrogens is 316 g/mol. The van der Waals surface area contributed by atoms with Crippen LogP contribution in [0.25, 0.3) is 17.0 Å². The SMILES string of the molecule is C(=C\c1cnc2ccccc2c1)/CN(C1CCCCC1)C1CCCCC1. The van der Waals surface area contributed by atoms with E-state index in [0.717, 1.165) is 24.1 Å². The normalized spacial score (nSPS) is 20.3. The first-order valence-electron chi connectivity index (χ1n) is 10.7. The van der Waals surface area contributed by atoms with Crippen molar-refractivity contribution in [3.05, 3.63) is 48.2 Å². The van der Waals surface area contributed by atoms with E-state index in [2.05, 4.69) is 52.4 Å². The van der Waals surface area contributed by atoms with Crippen LogP contribution in [0, 0.1) is 0 Å². The third-order valence-electron chi connectivity index (χ3n) is 6.33. The molecule has 0 aliphatic heterocycles. The second kappa shape index (κ2) is 8.81. The number of aromatic nitrogens is 1. The summed E-state index contributed by atoms with van der Waals surface area (Å²) < 4.78 is 0. The molecule has 0 unspecified atom stereocenters. The average Bonchev–Trinajstić information content (AvgIpc) is 2.72. The second-order valence-electron chi connectivity index (χ2n) is 8.14. The van der Waals surface area contributed by atoms with Gasteiger partial charge in [0.15, 0.2) is 0 Å². The van der Waals surface area contributed by atoms with Crippen molar-refractivity contribution in [1.29, 1.82) is 0 Å². The maximum atomic E-state index is 4.59. The zero-order valence-electron chi connectivity index (χ0n) is 15.9. The second-order valence-corrected chi connectivity index (χ2v) is 8.14. The zero-order chi connectivity index (χ0) is 17.6. The molecule has 2 aliphatic rings. The van der Waals surface area contributed by atoms with Crippen LogP contribution in [0.1, 0.15) is 69.8 Å². The van der Waals surface area contributed by atoms with Gasteiger partial charge in [0.25, 0.3) is 0 Å². The van der Waals surface area contributed by atoms with Gasteiger partial charge in [0, 0.05) is 30.2 Å². The molecule has 2 aromatic rings. The average molecular weight is 349 g/mol. The van der Waals surface area contributed by atoms with Gasteiger partial charge >= 0.3 is 0 Å². The van der Waals surface area contributed by atoms with E-state index in [4.69, 9.17) is 0 Å². The number of para-hydroxylation sites is 1. The molecular formula is C24H32N2. The first-order valence-corrected chi connectivity index (χ1v) is 10.7. The van der Waals surface area contributed by atoms with Crippen LogP contribution in [0.5, 0.6) is 0 Å². The van der Waals surface area contributed by atoms with Crippen LogP contribution < -0.4 is 0 Å². The van der Waals surface area contributed by atoms with E-state index in [-0.39, 0.29) is 0 Å². The van der Waals surface area contributed by atoms with Gasteiger partial charge in [-0.1, -0.05) is 68.9 Å². The monoisotopic (exact) mass is 348 g/mol. The lowest BCUT2D eigenvalue weighted by atomic mass is 9.88. The minimum Gasteiger partial charge on any atom is -0.294 e. The number of hydrogen-bond donors (Lipinski definition) is 0. The predicted octanol–water partition coefficient (Wildman–Crippen LogP) is 6.22. The molecule has 1 aromatic carbocycles. The highest BCUT2D eigenvalue weighted by atomic mass is 15.2. The molecule has 0 amide bonds. The highest BCUT2D eigenvalue weighted by Crippen LogP contribution is 2.30. The number of pyridine rings is 1. The summed E-state index contributed by atoms with van der Waals surface area (Å²) in [5.74, 6) is 0. The van der Waals surface area contributed by atoms with E-state index < -0.39 is 0 Å². The van der Waals surface area contributed by atoms with Gasteiger partial charge in [0.2, 0.25) is 0 Å². The molecule has 2 nitrogen and oxygen atoms in total. The molecule has 0 saturated heterocycles. The molecule has 2 heteroatoms. The summed E-state index contributed by atoms with van der Waals surface area (Å²) in [7, 11) is 0. The standard InChI is InChI=1S/C24H32N2/c1-3-12-22(13-4-1)26(23-14-5-2-6-15-23)17-9-10-20-18-21-11-7-8-16-24(21)25-19-20/h7-11,16,18-19,22-23H,1-6,12-15,17H2/b10-9+. The smallest absolute Gasteiger partial charge is 0.0702 e. The molecule has 1 aromatic heterocycles. The lowest BCUT2D eigenvalue weighted by molar-refractivity contribution is 0.0941. The molecule has 0 atom stereocenters. The summed E-state index contributed by atoms with van der Waals surface area (Å²) in [6, 6.07) is 12.2. The lowest BCUT2D eigenvalue weighted by Crippen LogP contribution is -2.45. The Morgan fingerprint density at radius 3 is 2.23 bits per heavy atom. The molecule has 138 valence electrons. The van der Waals surface area contributed by atoms with Crippen LogP contribution in [0.4, 0.5) is 0 Å². The highest BCUT2D eigenvalue weighted by molar-refractivity contribution is 5.80. The minimum atomic E-state index is 0.811. The summed E-state index contributed by atoms with van der Waals surface area (Å²) in [5.41, 5.74) is 2.30. The Morgan fingerprint density at radius 1 is 0.885 bits per heavy atom. The maximum Gasteiger partial charge on any atom is 0.0702 e. The van der Waals surface area contributed by atoms with E-state index in [1.807, 2.05) is 6.20 Å². The molecule has 26 heavy (non-hydrogen) atoms. The van der Waals surface area contributed by atoms with E-state index in [1.54, 1.807) is 0 Å². The van der Waals surface area contributed by atoms with Gasteiger partial charge in [-0.05, 0) is 43.4 Å². The summed E-state index contributed by atoms with van der Waals surface area (Å²) in [5, 5.41) is 1.23. The molecule has 1 heterocycles. The Labute approximate surface area is 158 Å². The van der Waals surface area contributed by atoms with Crippen LogP contribution >= 0.6 is 0 Å². The summed E-state index contributed by atoms with van der Waals surface area (Å²) in [6.45, 7) is 1.10. The van der Waals surface area contributed by atoms with Crippen molar-refractivity contribution in [3.8, 4) is 0 Å². The predicted molar refractivity (Wildman–Crippen MR) is 111 cm³/mol. The van der Waals surface area contributed by atoms with Gasteiger partial charge in [-0.2, -0.15) is 0 Å². The van der Waals surface area contributed by atoms with Crippen molar-refractivity contribution in [2.45, 2.75) is 76.3 Å². The quantitative estimate of drug-likeness (QED) is 0.638. The Hall–Kier alpha value is -1.67. The fourth-order valence-electron chi connectivity index (χ4n) is 4.91. The molecule has 0 radical (unpaired) electrons. The fourth-order valence-corrected chi connectivity index (χ4v) is 4.91. The Bertz CT molecular complexity index is 706. The molecule has 0 N–H and O–H groups in total. The van der Waals surface area contributed by atoms with E-state index in [0.29, 0.717) is 0 Å². The van der Waals surface area contributed by atoms with Crippen molar-refractivity contribution in [3.63, 3.8) is 0 Å². The van der Waals surface area contributed by atoms with Gasteiger partial charge in [-0.25, -0.2) is 0 Å². The largest absolute Gasteiger partial charge is 0.294 e. The number of fused-ring (bicyclic) bond motifs is 1. The maximum absolute atomic E-state index is 4.59. The summed E-state index contributed by atoms with van der Waals surface area (Å²) in [6.07, 6.45) is 20.9.